The number of nitrogens with zero attached hydrogens (tertiary/aromatic N) is 1. The van der Waals surface area contributed by atoms with Crippen molar-refractivity contribution < 1.29 is 22.7 Å². The van der Waals surface area contributed by atoms with E-state index >= 15 is 0 Å². The maximum atomic E-state index is 14.9. The summed E-state index contributed by atoms with van der Waals surface area (Å²) in [4.78, 5) is 15.1. The molecule has 8 heteroatoms. The molecule has 0 amide bonds. The number of carboxylic acid groups (broad SMARTS) is 1. The van der Waals surface area contributed by atoms with E-state index < -0.39 is 39.0 Å². The molecule has 176 valence electrons. The fourth-order valence-corrected chi connectivity index (χ4v) is 5.66. The lowest BCUT2D eigenvalue weighted by atomic mass is 10.0. The van der Waals surface area contributed by atoms with Gasteiger partial charge >= 0.3 is 5.97 Å². The van der Waals surface area contributed by atoms with E-state index in [2.05, 4.69) is 24.2 Å². The largest absolute Gasteiger partial charge is 0.481 e. The molecule has 1 aliphatic heterocycles. The van der Waals surface area contributed by atoms with Crippen LogP contribution in [0.3, 0.4) is 0 Å². The third-order valence-electron chi connectivity index (χ3n) is 5.86. The number of carboxylic acids is 1. The highest BCUT2D eigenvalue weighted by molar-refractivity contribution is 7.91. The average Bonchev–Trinajstić information content (AvgIpc) is 3.08. The third kappa shape index (κ3) is 4.46. The second kappa shape index (κ2) is 9.02. The van der Waals surface area contributed by atoms with Crippen LogP contribution in [0.25, 0.3) is 5.57 Å². The van der Waals surface area contributed by atoms with Crippen LogP contribution in [0.4, 0.5) is 15.8 Å². The van der Waals surface area contributed by atoms with Crippen LogP contribution in [0.15, 0.2) is 75.4 Å². The Kier molecular flexibility index (Phi) is 6.27. The SMILES string of the molecule is CC1N=c2ccc(F)c(S(=O)(=O)c3ccc(Nc4cccc(C(C)C)c4)cc3)c2=C1CC(=O)O. The summed E-state index contributed by atoms with van der Waals surface area (Å²) in [5.41, 5.74) is 3.01. The topological polar surface area (TPSA) is 95.8 Å². The summed E-state index contributed by atoms with van der Waals surface area (Å²) >= 11 is 0. The van der Waals surface area contributed by atoms with Crippen LogP contribution < -0.4 is 15.9 Å². The summed E-state index contributed by atoms with van der Waals surface area (Å²) in [5, 5.41) is 12.9. The Morgan fingerprint density at radius 1 is 1.09 bits per heavy atom. The molecule has 0 aliphatic carbocycles. The standard InChI is InChI=1S/C26H25FN2O4S/c1-15(2)17-5-4-6-19(13-17)29-18-7-9-20(10-8-18)34(32,33)26-22(27)11-12-23-25(26)21(14-24(30)31)16(3)28-23/h4-13,15-16,29H,14H2,1-3H3,(H,30,31). The number of hydrogen-bond donors (Lipinski definition) is 2. The van der Waals surface area contributed by atoms with Gasteiger partial charge in [-0.2, -0.15) is 0 Å². The van der Waals surface area contributed by atoms with Gasteiger partial charge in [0.05, 0.1) is 22.7 Å². The van der Waals surface area contributed by atoms with Crippen LogP contribution in [0.5, 0.6) is 0 Å². The zero-order valence-corrected chi connectivity index (χ0v) is 19.9. The maximum absolute atomic E-state index is 14.9. The minimum atomic E-state index is -4.27. The Labute approximate surface area is 197 Å². The quantitative estimate of drug-likeness (QED) is 0.529. The molecule has 0 spiro atoms. The number of hydrogen-bond acceptors (Lipinski definition) is 5. The van der Waals surface area contributed by atoms with E-state index in [1.165, 1.54) is 23.8 Å². The zero-order valence-electron chi connectivity index (χ0n) is 19.0. The lowest BCUT2D eigenvalue weighted by molar-refractivity contribution is -0.135. The monoisotopic (exact) mass is 480 g/mol. The lowest BCUT2D eigenvalue weighted by Crippen LogP contribution is -2.32. The fraction of sp³-hybridized carbons (Fsp3) is 0.231. The van der Waals surface area contributed by atoms with Crippen molar-refractivity contribution in [1.82, 2.24) is 0 Å². The maximum Gasteiger partial charge on any atom is 0.307 e. The van der Waals surface area contributed by atoms with E-state index in [1.807, 2.05) is 24.3 Å². The molecule has 34 heavy (non-hydrogen) atoms. The highest BCUT2D eigenvalue weighted by Crippen LogP contribution is 2.26. The number of halogens is 1. The highest BCUT2D eigenvalue weighted by Gasteiger charge is 2.29. The Hall–Kier alpha value is -3.52. The predicted octanol–water partition coefficient (Wildman–Crippen LogP) is 4.17. The van der Waals surface area contributed by atoms with E-state index in [0.717, 1.165) is 11.8 Å². The van der Waals surface area contributed by atoms with E-state index in [1.54, 1.807) is 19.1 Å². The summed E-state index contributed by atoms with van der Waals surface area (Å²) in [6.45, 7) is 5.87. The summed E-state index contributed by atoms with van der Waals surface area (Å²) in [7, 11) is -4.27. The first-order valence-electron chi connectivity index (χ1n) is 10.9. The molecular formula is C26H25FN2O4S. The molecule has 0 saturated carbocycles. The first-order valence-corrected chi connectivity index (χ1v) is 12.4. The number of carbonyl (C=O) groups is 1. The normalized spacial score (nSPS) is 15.2. The molecule has 0 aromatic heterocycles. The molecule has 1 atom stereocenters. The van der Waals surface area contributed by atoms with Gasteiger partial charge in [0.25, 0.3) is 0 Å². The van der Waals surface area contributed by atoms with Gasteiger partial charge < -0.3 is 10.4 Å². The van der Waals surface area contributed by atoms with Gasteiger partial charge in [0.1, 0.15) is 10.7 Å². The molecule has 1 heterocycles. The number of rotatable bonds is 7. The molecule has 3 aromatic rings. The van der Waals surface area contributed by atoms with Crippen LogP contribution in [-0.2, 0) is 14.6 Å². The second-order valence-corrected chi connectivity index (χ2v) is 10.5. The van der Waals surface area contributed by atoms with Crippen molar-refractivity contribution in [3.05, 3.63) is 82.6 Å². The van der Waals surface area contributed by atoms with Crippen LogP contribution in [0.2, 0.25) is 0 Å². The van der Waals surface area contributed by atoms with E-state index in [0.29, 0.717) is 11.6 Å². The Morgan fingerprint density at radius 3 is 2.44 bits per heavy atom. The molecule has 0 radical (unpaired) electrons. The second-order valence-electron chi connectivity index (χ2n) is 8.60. The Morgan fingerprint density at radius 2 is 1.79 bits per heavy atom. The molecule has 0 bridgehead atoms. The van der Waals surface area contributed by atoms with Gasteiger partial charge in [0.15, 0.2) is 0 Å². The van der Waals surface area contributed by atoms with Gasteiger partial charge in [0.2, 0.25) is 9.84 Å². The van der Waals surface area contributed by atoms with Crippen molar-refractivity contribution in [3.8, 4) is 0 Å². The first kappa shape index (κ1) is 23.6. The molecule has 1 aliphatic rings. The van der Waals surface area contributed by atoms with Crippen molar-refractivity contribution in [2.24, 2.45) is 4.99 Å². The van der Waals surface area contributed by atoms with Crippen molar-refractivity contribution in [2.45, 2.75) is 48.9 Å². The van der Waals surface area contributed by atoms with Crippen molar-refractivity contribution in [2.75, 3.05) is 5.32 Å². The minimum Gasteiger partial charge on any atom is -0.481 e. The lowest BCUT2D eigenvalue weighted by Gasteiger charge is -2.12. The number of anilines is 2. The van der Waals surface area contributed by atoms with Gasteiger partial charge in [-0.15, -0.1) is 0 Å². The zero-order chi connectivity index (χ0) is 24.6. The molecule has 4 rings (SSSR count). The fourth-order valence-electron chi connectivity index (χ4n) is 4.10. The summed E-state index contributed by atoms with van der Waals surface area (Å²) in [6, 6.07) is 15.9. The summed E-state index contributed by atoms with van der Waals surface area (Å²) in [5.74, 6) is -1.69. The third-order valence-corrected chi connectivity index (χ3v) is 7.69. The van der Waals surface area contributed by atoms with E-state index in [4.69, 9.17) is 0 Å². The van der Waals surface area contributed by atoms with E-state index in [9.17, 15) is 22.7 Å². The van der Waals surface area contributed by atoms with Gasteiger partial charge in [-0.3, -0.25) is 9.79 Å². The molecule has 0 saturated heterocycles. The number of sulfone groups is 1. The molecule has 3 aromatic carbocycles. The van der Waals surface area contributed by atoms with Gasteiger partial charge in [-0.05, 0) is 72.5 Å². The van der Waals surface area contributed by atoms with Crippen LogP contribution >= 0.6 is 0 Å². The Bertz CT molecular complexity index is 1500. The van der Waals surface area contributed by atoms with Gasteiger partial charge in [-0.25, -0.2) is 12.8 Å². The summed E-state index contributed by atoms with van der Waals surface area (Å²) < 4.78 is 41.9. The van der Waals surface area contributed by atoms with Crippen molar-refractivity contribution in [1.29, 1.82) is 0 Å². The Balaban J connectivity index is 1.74. The predicted molar refractivity (Wildman–Crippen MR) is 128 cm³/mol. The number of fused-ring (bicyclic) bond motifs is 1. The average molecular weight is 481 g/mol. The summed E-state index contributed by atoms with van der Waals surface area (Å²) in [6.07, 6.45) is -0.415. The van der Waals surface area contributed by atoms with Crippen LogP contribution in [0, 0.1) is 5.82 Å². The van der Waals surface area contributed by atoms with Crippen LogP contribution in [0.1, 0.15) is 38.7 Å². The van der Waals surface area contributed by atoms with Crippen LogP contribution in [-0.4, -0.2) is 25.5 Å². The number of aliphatic carboxylic acids is 1. The van der Waals surface area contributed by atoms with Crippen molar-refractivity contribution >= 4 is 32.8 Å². The van der Waals surface area contributed by atoms with E-state index in [-0.39, 0.29) is 21.0 Å². The molecule has 1 unspecified atom stereocenters. The first-order chi connectivity index (χ1) is 16.1. The number of benzene rings is 3. The van der Waals surface area contributed by atoms with Crippen molar-refractivity contribution in [3.63, 3.8) is 0 Å². The van der Waals surface area contributed by atoms with Gasteiger partial charge in [0, 0.05) is 16.6 Å². The highest BCUT2D eigenvalue weighted by atomic mass is 32.2. The number of nitrogens with one attached hydrogen (secondary N) is 1. The minimum absolute atomic E-state index is 0.0580. The molecule has 6 nitrogen and oxygen atoms in total. The molecule has 2 N–H and O–H groups in total. The van der Waals surface area contributed by atoms with Gasteiger partial charge in [-0.1, -0.05) is 26.0 Å². The molecular weight excluding hydrogens is 455 g/mol. The molecule has 0 fully saturated rings. The smallest absolute Gasteiger partial charge is 0.307 e.